The smallest absolute Gasteiger partial charge is 0.307 e. The Morgan fingerprint density at radius 2 is 1.50 bits per heavy atom. The van der Waals surface area contributed by atoms with Gasteiger partial charge in [-0.25, -0.2) is 14.2 Å². The fraction of sp³-hybridized carbons (Fsp3) is 0.273. The molecule has 1 rings (SSSR count). The van der Waals surface area contributed by atoms with Crippen molar-refractivity contribution in [1.29, 1.82) is 0 Å². The van der Waals surface area contributed by atoms with Crippen LogP contribution in [0.3, 0.4) is 0 Å². The summed E-state index contributed by atoms with van der Waals surface area (Å²) >= 11 is 0. The Hall–Kier alpha value is -2.17. The van der Waals surface area contributed by atoms with Crippen molar-refractivity contribution < 1.29 is 40.3 Å². The highest BCUT2D eigenvalue weighted by atomic mass is 19.4. The Labute approximate surface area is 119 Å². The van der Waals surface area contributed by atoms with Gasteiger partial charge in [-0.2, -0.15) is 22.0 Å². The van der Waals surface area contributed by atoms with E-state index in [1.54, 1.807) is 0 Å². The zero-order valence-corrected chi connectivity index (χ0v) is 10.6. The van der Waals surface area contributed by atoms with E-state index in [0.717, 1.165) is 18.2 Å². The molecule has 0 spiro atoms. The highest BCUT2D eigenvalue weighted by Crippen LogP contribution is 2.34. The molecule has 0 atom stereocenters. The summed E-state index contributed by atoms with van der Waals surface area (Å²) < 4.78 is 86.5. The van der Waals surface area contributed by atoms with E-state index >= 15 is 0 Å². The monoisotopic (exact) mass is 334 g/mol. The van der Waals surface area contributed by atoms with Gasteiger partial charge in [0.15, 0.2) is 0 Å². The fourth-order valence-corrected chi connectivity index (χ4v) is 1.11. The van der Waals surface area contributed by atoms with Crippen molar-refractivity contribution in [1.82, 2.24) is 10.9 Å². The van der Waals surface area contributed by atoms with Crippen LogP contribution in [0.15, 0.2) is 18.2 Å². The summed E-state index contributed by atoms with van der Waals surface area (Å²) in [5.41, 5.74) is 1.54. The second-order valence-corrected chi connectivity index (χ2v) is 3.61. The van der Waals surface area contributed by atoms with Crippen LogP contribution in [0.2, 0.25) is 0 Å². The van der Waals surface area contributed by atoms with Crippen LogP contribution in [-0.4, -0.2) is 31.3 Å². The van der Waals surface area contributed by atoms with Crippen molar-refractivity contribution in [3.05, 3.63) is 35.4 Å². The zero-order valence-electron chi connectivity index (χ0n) is 10.6. The third kappa shape index (κ3) is 4.98. The molecule has 1 amide bonds. The molecule has 0 aliphatic rings. The zero-order chi connectivity index (χ0) is 17.6. The highest BCUT2D eigenvalue weighted by molar-refractivity contribution is 5.94. The third-order valence-corrected chi connectivity index (χ3v) is 2.12. The maximum atomic E-state index is 13.1. The van der Waals surface area contributed by atoms with Gasteiger partial charge in [-0.3, -0.25) is 10.2 Å². The average molecular weight is 334 g/mol. The first-order valence-corrected chi connectivity index (χ1v) is 5.27. The second kappa shape index (κ2) is 7.73. The molecule has 11 heteroatoms. The molecule has 22 heavy (non-hydrogen) atoms. The first-order valence-electron chi connectivity index (χ1n) is 5.27. The molecule has 0 radical (unpaired) electrons. The van der Waals surface area contributed by atoms with Crippen LogP contribution in [0.25, 0.3) is 0 Å². The molecule has 2 N–H and O–H groups in total. The number of hydrogen-bond acceptors (Lipinski definition) is 3. The van der Waals surface area contributed by atoms with Crippen LogP contribution in [-0.2, 0) is 4.79 Å². The maximum Gasteiger partial charge on any atom is 0.454 e. The van der Waals surface area contributed by atoms with E-state index < -0.39 is 41.7 Å². The number of amides is 1. The lowest BCUT2D eigenvalue weighted by atomic mass is 10.2. The van der Waals surface area contributed by atoms with Gasteiger partial charge in [0.25, 0.3) is 5.91 Å². The van der Waals surface area contributed by atoms with Gasteiger partial charge < -0.3 is 4.79 Å². The number of carbonyl (C=O) groups is 2. The van der Waals surface area contributed by atoms with Crippen molar-refractivity contribution >= 4 is 12.7 Å². The molecule has 124 valence electrons. The quantitative estimate of drug-likeness (QED) is 0.656. The van der Waals surface area contributed by atoms with Gasteiger partial charge in [0.2, 0.25) is 0 Å². The largest absolute Gasteiger partial charge is 0.454 e. The maximum absolute atomic E-state index is 13.1. The minimum atomic E-state index is -5.81. The predicted octanol–water partition coefficient (Wildman–Crippen LogP) is 2.21. The summed E-state index contributed by atoms with van der Waals surface area (Å²) in [5.74, 6) is -9.19. The number of benzene rings is 1. The third-order valence-electron chi connectivity index (χ3n) is 2.12. The summed E-state index contributed by atoms with van der Waals surface area (Å²) in [5, 5.41) is 0. The predicted molar refractivity (Wildman–Crippen MR) is 59.9 cm³/mol. The summed E-state index contributed by atoms with van der Waals surface area (Å²) in [7, 11) is 0. The van der Waals surface area contributed by atoms with Crippen molar-refractivity contribution in [2.75, 3.05) is 6.54 Å². The van der Waals surface area contributed by atoms with Crippen LogP contribution in [0.1, 0.15) is 10.4 Å². The molecule has 0 bridgehead atoms. The average Bonchev–Trinajstić information content (AvgIpc) is 2.39. The normalized spacial score (nSPS) is 11.4. The number of hydrogen-bond donors (Lipinski definition) is 2. The van der Waals surface area contributed by atoms with Gasteiger partial charge in [0.05, 0.1) is 6.54 Å². The van der Waals surface area contributed by atoms with E-state index in [9.17, 15) is 35.5 Å². The SMILES string of the molecule is C=O.O=C(NNCC(F)(F)C(F)(F)F)c1c(F)cccc1F. The Morgan fingerprint density at radius 1 is 1.05 bits per heavy atom. The number of halogens is 7. The Morgan fingerprint density at radius 3 is 1.91 bits per heavy atom. The van der Waals surface area contributed by atoms with Crippen LogP contribution < -0.4 is 10.9 Å². The lowest BCUT2D eigenvalue weighted by molar-refractivity contribution is -0.279. The fourth-order valence-electron chi connectivity index (χ4n) is 1.11. The molecule has 0 saturated heterocycles. The molecule has 1 aromatic carbocycles. The highest BCUT2D eigenvalue weighted by Gasteiger charge is 2.57. The van der Waals surface area contributed by atoms with E-state index in [-0.39, 0.29) is 0 Å². The molecule has 0 aromatic heterocycles. The van der Waals surface area contributed by atoms with E-state index in [2.05, 4.69) is 0 Å². The number of alkyl halides is 5. The van der Waals surface area contributed by atoms with Gasteiger partial charge >= 0.3 is 12.1 Å². The summed E-state index contributed by atoms with van der Waals surface area (Å²) in [6.07, 6.45) is -5.81. The molecule has 4 nitrogen and oxygen atoms in total. The molecule has 0 unspecified atom stereocenters. The van der Waals surface area contributed by atoms with Crippen molar-refractivity contribution in [3.8, 4) is 0 Å². The molecular weight excluding hydrogens is 325 g/mol. The first kappa shape index (κ1) is 19.8. The lowest BCUT2D eigenvalue weighted by Gasteiger charge is -2.20. The van der Waals surface area contributed by atoms with Crippen LogP contribution in [0.5, 0.6) is 0 Å². The summed E-state index contributed by atoms with van der Waals surface area (Å²) in [6.45, 7) is 0.0261. The van der Waals surface area contributed by atoms with Gasteiger partial charge in [-0.15, -0.1) is 0 Å². The molecule has 1 aromatic rings. The Balaban J connectivity index is 0.00000211. The standard InChI is InChI=1S/C10H7F7N2O.CH2O/c11-5-2-1-3-6(12)7(5)8(20)19-18-4-9(13,14)10(15,16)17;1-2/h1-3,18H,4H2,(H,19,20);1H2. The van der Waals surface area contributed by atoms with Crippen molar-refractivity contribution in [2.45, 2.75) is 12.1 Å². The number of nitrogens with one attached hydrogen (secondary N) is 2. The number of carbonyl (C=O) groups excluding carboxylic acids is 2. The van der Waals surface area contributed by atoms with E-state index in [0.29, 0.717) is 0 Å². The van der Waals surface area contributed by atoms with E-state index in [4.69, 9.17) is 4.79 Å². The molecule has 0 heterocycles. The summed E-state index contributed by atoms with van der Waals surface area (Å²) in [4.78, 5) is 19.2. The lowest BCUT2D eigenvalue weighted by Crippen LogP contribution is -2.50. The second-order valence-electron chi connectivity index (χ2n) is 3.61. The van der Waals surface area contributed by atoms with E-state index in [1.165, 1.54) is 10.9 Å². The minimum Gasteiger partial charge on any atom is -0.307 e. The van der Waals surface area contributed by atoms with Crippen LogP contribution in [0, 0.1) is 11.6 Å². The van der Waals surface area contributed by atoms with Crippen molar-refractivity contribution in [3.63, 3.8) is 0 Å². The molecule has 0 saturated carbocycles. The summed E-state index contributed by atoms with van der Waals surface area (Å²) in [6, 6.07) is 2.40. The topological polar surface area (TPSA) is 58.2 Å². The van der Waals surface area contributed by atoms with Gasteiger partial charge in [-0.1, -0.05) is 6.07 Å². The molecular formula is C11H9F7N2O2. The number of rotatable bonds is 4. The van der Waals surface area contributed by atoms with Crippen molar-refractivity contribution in [2.24, 2.45) is 0 Å². The van der Waals surface area contributed by atoms with E-state index in [1.807, 2.05) is 6.79 Å². The number of hydrazine groups is 1. The van der Waals surface area contributed by atoms with Gasteiger partial charge in [0, 0.05) is 0 Å². The van der Waals surface area contributed by atoms with Gasteiger partial charge in [0.1, 0.15) is 24.0 Å². The van der Waals surface area contributed by atoms with Crippen LogP contribution in [0.4, 0.5) is 30.7 Å². The minimum absolute atomic E-state index is 0.725. The Bertz CT molecular complexity index is 499. The molecule has 0 aliphatic carbocycles. The molecule has 0 fully saturated rings. The molecule has 0 aliphatic heterocycles. The van der Waals surface area contributed by atoms with Crippen LogP contribution >= 0.6 is 0 Å². The van der Waals surface area contributed by atoms with Gasteiger partial charge in [-0.05, 0) is 12.1 Å². The Kier molecular flexibility index (Phi) is 6.97. The first-order chi connectivity index (χ1) is 10.1.